The summed E-state index contributed by atoms with van der Waals surface area (Å²) in [5, 5.41) is 0.908. The summed E-state index contributed by atoms with van der Waals surface area (Å²) in [6.07, 6.45) is 3.85. The maximum absolute atomic E-state index is 14.0. The predicted octanol–water partition coefficient (Wildman–Crippen LogP) is 7.88. The van der Waals surface area contributed by atoms with E-state index in [0.717, 1.165) is 45.9 Å². The molecule has 6 heteroatoms. The molecular weight excluding hydrogens is 530 g/mol. The van der Waals surface area contributed by atoms with Gasteiger partial charge in [0.2, 0.25) is 0 Å². The summed E-state index contributed by atoms with van der Waals surface area (Å²) in [7, 11) is 0. The molecule has 0 atom stereocenters. The van der Waals surface area contributed by atoms with E-state index in [1.54, 1.807) is 41.7 Å². The number of fused-ring (bicyclic) bond motifs is 1. The van der Waals surface area contributed by atoms with Crippen LogP contribution in [0.25, 0.3) is 20.5 Å². The van der Waals surface area contributed by atoms with Gasteiger partial charge in [0.1, 0.15) is 18.1 Å². The molecular formula is C35H31NO4S. The number of rotatable bonds is 9. The van der Waals surface area contributed by atoms with Gasteiger partial charge in [-0.25, -0.2) is 4.79 Å². The van der Waals surface area contributed by atoms with Gasteiger partial charge in [0.15, 0.2) is 5.78 Å². The summed E-state index contributed by atoms with van der Waals surface area (Å²) in [4.78, 5) is 29.9. The molecule has 206 valence electrons. The van der Waals surface area contributed by atoms with Gasteiger partial charge in [-0.2, -0.15) is 0 Å². The molecule has 0 aliphatic carbocycles. The van der Waals surface area contributed by atoms with Crippen molar-refractivity contribution in [2.45, 2.75) is 19.3 Å². The van der Waals surface area contributed by atoms with E-state index >= 15 is 0 Å². The van der Waals surface area contributed by atoms with Crippen LogP contribution in [0.5, 0.6) is 11.5 Å². The van der Waals surface area contributed by atoms with E-state index in [1.165, 1.54) is 19.3 Å². The van der Waals surface area contributed by atoms with Crippen molar-refractivity contribution in [2.24, 2.45) is 0 Å². The molecule has 1 saturated heterocycles. The van der Waals surface area contributed by atoms with Crippen LogP contribution in [0.2, 0.25) is 0 Å². The van der Waals surface area contributed by atoms with Crippen molar-refractivity contribution in [1.82, 2.24) is 4.90 Å². The minimum absolute atomic E-state index is 0.0519. The highest BCUT2D eigenvalue weighted by Gasteiger charge is 2.22. The van der Waals surface area contributed by atoms with Crippen LogP contribution in [0.15, 0.2) is 103 Å². The summed E-state index contributed by atoms with van der Waals surface area (Å²) in [5.41, 5.74) is 2.56. The lowest BCUT2D eigenvalue weighted by molar-refractivity contribution is 0.0734. The highest BCUT2D eigenvalue weighted by Crippen LogP contribution is 2.41. The summed E-state index contributed by atoms with van der Waals surface area (Å²) in [5.74, 6) is 0.720. The minimum Gasteiger partial charge on any atom is -0.492 e. The number of likely N-dealkylation sites (tertiary alicyclic amines) is 1. The number of carbonyl (C=O) groups is 2. The topological polar surface area (TPSA) is 55.8 Å². The number of nitrogens with zero attached hydrogens (tertiary/aromatic N) is 1. The lowest BCUT2D eigenvalue weighted by Gasteiger charge is -2.26. The van der Waals surface area contributed by atoms with Crippen molar-refractivity contribution in [3.63, 3.8) is 0 Å². The summed E-state index contributed by atoms with van der Waals surface area (Å²) in [6, 6.07) is 31.6. The summed E-state index contributed by atoms with van der Waals surface area (Å²) >= 11 is 1.56. The molecule has 0 bridgehead atoms. The second-order valence-electron chi connectivity index (χ2n) is 10.2. The highest BCUT2D eigenvalue weighted by molar-refractivity contribution is 7.22. The Balaban J connectivity index is 1.24. The van der Waals surface area contributed by atoms with E-state index in [0.29, 0.717) is 29.0 Å². The van der Waals surface area contributed by atoms with E-state index in [2.05, 4.69) is 4.90 Å². The average molecular weight is 562 g/mol. The first-order valence-corrected chi connectivity index (χ1v) is 14.9. The first kappa shape index (κ1) is 26.9. The van der Waals surface area contributed by atoms with E-state index in [1.807, 2.05) is 72.8 Å². The van der Waals surface area contributed by atoms with Gasteiger partial charge in [0, 0.05) is 32.6 Å². The van der Waals surface area contributed by atoms with Crippen LogP contribution in [0.4, 0.5) is 0 Å². The van der Waals surface area contributed by atoms with Crippen LogP contribution in [0.1, 0.15) is 45.5 Å². The van der Waals surface area contributed by atoms with Gasteiger partial charge in [-0.3, -0.25) is 9.69 Å². The molecule has 1 aliphatic rings. The Bertz CT molecular complexity index is 1650. The molecule has 5 aromatic rings. The van der Waals surface area contributed by atoms with Gasteiger partial charge >= 0.3 is 5.97 Å². The van der Waals surface area contributed by atoms with Crippen LogP contribution in [-0.2, 0) is 0 Å². The Hall–Kier alpha value is -4.26. The zero-order chi connectivity index (χ0) is 28.0. The molecule has 1 fully saturated rings. The first-order chi connectivity index (χ1) is 20.2. The highest BCUT2D eigenvalue weighted by atomic mass is 32.1. The normalized spacial score (nSPS) is 13.7. The Morgan fingerprint density at radius 3 is 2.29 bits per heavy atom. The molecule has 0 N–H and O–H groups in total. The Labute approximate surface area is 244 Å². The zero-order valence-corrected chi connectivity index (χ0v) is 23.6. The summed E-state index contributed by atoms with van der Waals surface area (Å²) < 4.78 is 12.7. The van der Waals surface area contributed by atoms with Crippen LogP contribution in [-0.4, -0.2) is 42.9 Å². The van der Waals surface area contributed by atoms with E-state index in [9.17, 15) is 9.59 Å². The quantitative estimate of drug-likeness (QED) is 0.104. The minimum atomic E-state index is -0.423. The Kier molecular flexibility index (Phi) is 8.21. The standard InChI is InChI=1S/C35H31NO4S/c37-33(25-16-18-28(19-17-25)39-23-22-36-20-7-2-8-21-36)32-30-14-5-6-15-31(30)41-34(32)27-12-9-13-29(24-27)40-35(38)26-10-3-1-4-11-26/h1,3-6,9-19,24H,2,7-8,20-23H2. The second-order valence-corrected chi connectivity index (χ2v) is 11.2. The number of hydrogen-bond donors (Lipinski definition) is 0. The van der Waals surface area contributed by atoms with Crippen molar-refractivity contribution in [1.29, 1.82) is 0 Å². The number of thiophene rings is 1. The van der Waals surface area contributed by atoms with E-state index in [-0.39, 0.29) is 5.78 Å². The molecule has 41 heavy (non-hydrogen) atoms. The van der Waals surface area contributed by atoms with Gasteiger partial charge in [0.05, 0.1) is 5.56 Å². The monoisotopic (exact) mass is 561 g/mol. The molecule has 1 aromatic heterocycles. The van der Waals surface area contributed by atoms with Crippen molar-refractivity contribution in [2.75, 3.05) is 26.2 Å². The zero-order valence-electron chi connectivity index (χ0n) is 22.8. The number of carbonyl (C=O) groups excluding carboxylic acids is 2. The maximum Gasteiger partial charge on any atom is 0.343 e. The number of benzene rings is 4. The van der Waals surface area contributed by atoms with E-state index in [4.69, 9.17) is 9.47 Å². The number of esters is 1. The molecule has 0 amide bonds. The molecule has 0 radical (unpaired) electrons. The molecule has 1 aliphatic heterocycles. The van der Waals surface area contributed by atoms with Crippen LogP contribution >= 0.6 is 11.3 Å². The fraction of sp³-hybridized carbons (Fsp3) is 0.200. The smallest absolute Gasteiger partial charge is 0.343 e. The lowest BCUT2D eigenvalue weighted by Crippen LogP contribution is -2.33. The molecule has 0 unspecified atom stereocenters. The van der Waals surface area contributed by atoms with Crippen LogP contribution in [0.3, 0.4) is 0 Å². The van der Waals surface area contributed by atoms with Gasteiger partial charge < -0.3 is 9.47 Å². The Morgan fingerprint density at radius 1 is 0.732 bits per heavy atom. The first-order valence-electron chi connectivity index (χ1n) is 14.0. The van der Waals surface area contributed by atoms with Crippen LogP contribution < -0.4 is 9.47 Å². The third-order valence-corrected chi connectivity index (χ3v) is 8.60. The third kappa shape index (κ3) is 6.24. The second kappa shape index (κ2) is 12.5. The average Bonchev–Trinajstić information content (AvgIpc) is 3.42. The fourth-order valence-corrected chi connectivity index (χ4v) is 6.43. The molecule has 0 saturated carbocycles. The third-order valence-electron chi connectivity index (χ3n) is 7.38. The number of ketones is 1. The largest absolute Gasteiger partial charge is 0.492 e. The van der Waals surface area contributed by atoms with Gasteiger partial charge in [-0.15, -0.1) is 11.3 Å². The van der Waals surface area contributed by atoms with Gasteiger partial charge in [-0.1, -0.05) is 55.0 Å². The van der Waals surface area contributed by atoms with Gasteiger partial charge in [0.25, 0.3) is 0 Å². The summed E-state index contributed by atoms with van der Waals surface area (Å²) in [6.45, 7) is 3.85. The Morgan fingerprint density at radius 2 is 1.49 bits per heavy atom. The molecule has 6 rings (SSSR count). The maximum atomic E-state index is 14.0. The lowest BCUT2D eigenvalue weighted by atomic mass is 9.97. The number of piperidine rings is 1. The fourth-order valence-electron chi connectivity index (χ4n) is 5.24. The number of hydrogen-bond acceptors (Lipinski definition) is 6. The van der Waals surface area contributed by atoms with E-state index < -0.39 is 5.97 Å². The molecule has 0 spiro atoms. The van der Waals surface area contributed by atoms with Gasteiger partial charge in [-0.05, 0) is 86.1 Å². The van der Waals surface area contributed by atoms with Crippen LogP contribution in [0, 0.1) is 0 Å². The van der Waals surface area contributed by atoms with Crippen molar-refractivity contribution < 1.29 is 19.1 Å². The predicted molar refractivity (Wildman–Crippen MR) is 164 cm³/mol. The SMILES string of the molecule is O=C(Oc1cccc(-c2sc3ccccc3c2C(=O)c2ccc(OCCN3CCCCC3)cc2)c1)c1ccccc1. The molecule has 2 heterocycles. The van der Waals surface area contributed by atoms with Crippen molar-refractivity contribution >= 4 is 33.2 Å². The van der Waals surface area contributed by atoms with Crippen molar-refractivity contribution in [3.8, 4) is 21.9 Å². The molecule has 5 nitrogen and oxygen atoms in total. The number of ether oxygens (including phenoxy) is 2. The molecule has 4 aromatic carbocycles. The van der Waals surface area contributed by atoms with Crippen molar-refractivity contribution in [3.05, 3.63) is 120 Å².